The number of nitrogens with zero attached hydrogens (tertiary/aromatic N) is 1. The normalized spacial score (nSPS) is 10.1. The largest absolute Gasteiger partial charge is 0.374 e. The molecule has 0 aliphatic carbocycles. The van der Waals surface area contributed by atoms with E-state index in [0.717, 1.165) is 12.8 Å². The molecule has 3 heteroatoms. The fourth-order valence-corrected chi connectivity index (χ4v) is 1.14. The molecule has 1 heterocycles. The highest BCUT2D eigenvalue weighted by Gasteiger charge is 1.94. The maximum absolute atomic E-state index is 10.5. The first kappa shape index (κ1) is 10.9. The van der Waals surface area contributed by atoms with Gasteiger partial charge in [0, 0.05) is 19.0 Å². The molecule has 0 fully saturated rings. The van der Waals surface area contributed by atoms with Crippen molar-refractivity contribution < 1.29 is 9.53 Å². The molecule has 0 spiro atoms. The minimum Gasteiger partial charge on any atom is -0.374 e. The summed E-state index contributed by atoms with van der Waals surface area (Å²) in [6.07, 6.45) is 5.48. The van der Waals surface area contributed by atoms with Gasteiger partial charge in [-0.1, -0.05) is 0 Å². The highest BCUT2D eigenvalue weighted by Crippen LogP contribution is 2.00. The molecular weight excluding hydrogens is 178 g/mol. The van der Waals surface area contributed by atoms with Crippen LogP contribution >= 0.6 is 0 Å². The van der Waals surface area contributed by atoms with Crippen molar-refractivity contribution in [1.82, 2.24) is 4.98 Å². The highest BCUT2D eigenvalue weighted by atomic mass is 16.5. The van der Waals surface area contributed by atoms with Crippen molar-refractivity contribution in [3.8, 4) is 0 Å². The Morgan fingerprint density at radius 3 is 2.79 bits per heavy atom. The molecule has 1 aromatic heterocycles. The van der Waals surface area contributed by atoms with E-state index in [2.05, 4.69) is 4.98 Å². The second-order valence-corrected chi connectivity index (χ2v) is 3.21. The van der Waals surface area contributed by atoms with Crippen LogP contribution in [0.5, 0.6) is 0 Å². The summed E-state index contributed by atoms with van der Waals surface area (Å²) in [6.45, 7) is 2.40. The van der Waals surface area contributed by atoms with Crippen molar-refractivity contribution >= 4 is 5.78 Å². The molecule has 0 amide bonds. The summed E-state index contributed by atoms with van der Waals surface area (Å²) >= 11 is 0. The monoisotopic (exact) mass is 193 g/mol. The molecular formula is C11H15NO2. The second-order valence-electron chi connectivity index (χ2n) is 3.21. The number of aromatic nitrogens is 1. The number of ketones is 1. The van der Waals surface area contributed by atoms with E-state index in [9.17, 15) is 4.79 Å². The summed E-state index contributed by atoms with van der Waals surface area (Å²) < 4.78 is 5.15. The summed E-state index contributed by atoms with van der Waals surface area (Å²) in [7, 11) is 0. The lowest BCUT2D eigenvalue weighted by molar-refractivity contribution is -0.121. The van der Waals surface area contributed by atoms with E-state index in [0.29, 0.717) is 6.61 Å². The number of rotatable bonds is 6. The van der Waals surface area contributed by atoms with Gasteiger partial charge in [-0.2, -0.15) is 0 Å². The Bertz CT molecular complexity index is 272. The lowest BCUT2D eigenvalue weighted by Crippen LogP contribution is -2.05. The Morgan fingerprint density at radius 1 is 1.43 bits per heavy atom. The SMILES string of the molecule is CC(=O)COCCCc1ccncc1. The van der Waals surface area contributed by atoms with E-state index in [1.165, 1.54) is 12.5 Å². The zero-order chi connectivity index (χ0) is 10.2. The van der Waals surface area contributed by atoms with Crippen LogP contribution < -0.4 is 0 Å². The zero-order valence-corrected chi connectivity index (χ0v) is 8.40. The molecule has 1 aromatic rings. The molecule has 1 rings (SSSR count). The van der Waals surface area contributed by atoms with Gasteiger partial charge in [0.2, 0.25) is 0 Å². The molecule has 0 radical (unpaired) electrons. The number of ether oxygens (including phenoxy) is 1. The second kappa shape index (κ2) is 6.27. The van der Waals surface area contributed by atoms with Crippen LogP contribution in [0.25, 0.3) is 0 Å². The van der Waals surface area contributed by atoms with E-state index in [-0.39, 0.29) is 12.4 Å². The smallest absolute Gasteiger partial charge is 0.155 e. The molecule has 14 heavy (non-hydrogen) atoms. The van der Waals surface area contributed by atoms with Crippen molar-refractivity contribution in [3.05, 3.63) is 30.1 Å². The molecule has 0 saturated heterocycles. The fourth-order valence-electron chi connectivity index (χ4n) is 1.14. The fraction of sp³-hybridized carbons (Fsp3) is 0.455. The third-order valence-electron chi connectivity index (χ3n) is 1.81. The van der Waals surface area contributed by atoms with E-state index in [1.807, 2.05) is 12.1 Å². The Balaban J connectivity index is 2.08. The topological polar surface area (TPSA) is 39.2 Å². The quantitative estimate of drug-likeness (QED) is 0.644. The molecule has 0 atom stereocenters. The number of carbonyl (C=O) groups is 1. The van der Waals surface area contributed by atoms with Crippen LogP contribution in [-0.4, -0.2) is 24.0 Å². The molecule has 0 aliphatic heterocycles. The lowest BCUT2D eigenvalue weighted by atomic mass is 10.1. The minimum absolute atomic E-state index is 0.0777. The summed E-state index contributed by atoms with van der Waals surface area (Å²) in [5.74, 6) is 0.0777. The van der Waals surface area contributed by atoms with Gasteiger partial charge in [0.15, 0.2) is 5.78 Å². The van der Waals surface area contributed by atoms with Gasteiger partial charge in [-0.15, -0.1) is 0 Å². The van der Waals surface area contributed by atoms with Gasteiger partial charge in [-0.05, 0) is 37.5 Å². The van der Waals surface area contributed by atoms with Gasteiger partial charge >= 0.3 is 0 Å². The highest BCUT2D eigenvalue weighted by molar-refractivity contribution is 5.76. The van der Waals surface area contributed by atoms with Gasteiger partial charge in [0.1, 0.15) is 6.61 Å². The predicted octanol–water partition coefficient (Wildman–Crippen LogP) is 1.62. The van der Waals surface area contributed by atoms with Gasteiger partial charge in [0.05, 0.1) is 0 Å². The Labute approximate surface area is 84.1 Å². The first-order chi connectivity index (χ1) is 6.79. The van der Waals surface area contributed by atoms with Crippen LogP contribution in [0.2, 0.25) is 0 Å². The molecule has 0 N–H and O–H groups in total. The van der Waals surface area contributed by atoms with Gasteiger partial charge in [-0.25, -0.2) is 0 Å². The standard InChI is InChI=1S/C11H15NO2/c1-10(13)9-14-8-2-3-11-4-6-12-7-5-11/h4-7H,2-3,8-9H2,1H3. The van der Waals surface area contributed by atoms with Crippen LogP contribution in [0.15, 0.2) is 24.5 Å². The number of carbonyl (C=O) groups excluding carboxylic acids is 1. The van der Waals surface area contributed by atoms with E-state index in [4.69, 9.17) is 4.74 Å². The average molecular weight is 193 g/mol. The van der Waals surface area contributed by atoms with Crippen LogP contribution in [-0.2, 0) is 16.0 Å². The van der Waals surface area contributed by atoms with Crippen molar-refractivity contribution in [3.63, 3.8) is 0 Å². The van der Waals surface area contributed by atoms with Crippen LogP contribution in [0.3, 0.4) is 0 Å². The van der Waals surface area contributed by atoms with Crippen molar-refractivity contribution in [2.45, 2.75) is 19.8 Å². The maximum atomic E-state index is 10.5. The number of aryl methyl sites for hydroxylation is 1. The molecule has 0 saturated carbocycles. The zero-order valence-electron chi connectivity index (χ0n) is 8.40. The summed E-state index contributed by atoms with van der Waals surface area (Å²) in [6, 6.07) is 3.98. The predicted molar refractivity (Wildman–Crippen MR) is 54.1 cm³/mol. The van der Waals surface area contributed by atoms with E-state index >= 15 is 0 Å². The molecule has 0 unspecified atom stereocenters. The van der Waals surface area contributed by atoms with Gasteiger partial charge < -0.3 is 4.74 Å². The van der Waals surface area contributed by atoms with Gasteiger partial charge in [0.25, 0.3) is 0 Å². The molecule has 0 aromatic carbocycles. The van der Waals surface area contributed by atoms with Crippen molar-refractivity contribution in [1.29, 1.82) is 0 Å². The first-order valence-electron chi connectivity index (χ1n) is 4.75. The Hall–Kier alpha value is -1.22. The summed E-state index contributed by atoms with van der Waals surface area (Å²) in [4.78, 5) is 14.5. The first-order valence-corrected chi connectivity index (χ1v) is 4.75. The third-order valence-corrected chi connectivity index (χ3v) is 1.81. The molecule has 0 aliphatic rings. The third kappa shape index (κ3) is 4.72. The number of hydrogen-bond acceptors (Lipinski definition) is 3. The molecule has 76 valence electrons. The van der Waals surface area contributed by atoms with E-state index in [1.54, 1.807) is 12.4 Å². The maximum Gasteiger partial charge on any atom is 0.155 e. The van der Waals surface area contributed by atoms with Crippen LogP contribution in [0.1, 0.15) is 18.9 Å². The van der Waals surface area contributed by atoms with Crippen molar-refractivity contribution in [2.24, 2.45) is 0 Å². The summed E-state index contributed by atoms with van der Waals surface area (Å²) in [5.41, 5.74) is 1.26. The molecule has 0 bridgehead atoms. The van der Waals surface area contributed by atoms with Crippen LogP contribution in [0.4, 0.5) is 0 Å². The lowest BCUT2D eigenvalue weighted by Gasteiger charge is -2.01. The minimum atomic E-state index is 0.0777. The number of Topliss-reactive ketones (excluding diaryl/α,β-unsaturated/α-hetero) is 1. The Morgan fingerprint density at radius 2 is 2.14 bits per heavy atom. The number of hydrogen-bond donors (Lipinski definition) is 0. The summed E-state index contributed by atoms with van der Waals surface area (Å²) in [5, 5.41) is 0. The van der Waals surface area contributed by atoms with Crippen LogP contribution in [0, 0.1) is 0 Å². The number of pyridine rings is 1. The van der Waals surface area contributed by atoms with E-state index < -0.39 is 0 Å². The Kier molecular flexibility index (Phi) is 4.86. The van der Waals surface area contributed by atoms with Crippen molar-refractivity contribution in [2.75, 3.05) is 13.2 Å². The van der Waals surface area contributed by atoms with Gasteiger partial charge in [-0.3, -0.25) is 9.78 Å². The average Bonchev–Trinajstić information content (AvgIpc) is 2.18. The molecule has 3 nitrogen and oxygen atoms in total.